The van der Waals surface area contributed by atoms with Crippen molar-refractivity contribution in [1.29, 1.82) is 0 Å². The first-order chi connectivity index (χ1) is 11.5. The Hall–Kier alpha value is -1.77. The molecule has 8 heteroatoms. The lowest BCUT2D eigenvalue weighted by Gasteiger charge is -2.33. The minimum absolute atomic E-state index is 0.110. The number of amides is 1. The number of thiazole rings is 1. The van der Waals surface area contributed by atoms with E-state index in [9.17, 15) is 4.79 Å². The molecule has 0 saturated carbocycles. The largest absolute Gasteiger partial charge is 0.373 e. The summed E-state index contributed by atoms with van der Waals surface area (Å²) >= 11 is 1.63. The summed E-state index contributed by atoms with van der Waals surface area (Å²) in [5.41, 5.74) is 2.08. The summed E-state index contributed by atoms with van der Waals surface area (Å²) in [4.78, 5) is 20.2. The zero-order chi connectivity index (χ0) is 17.1. The molecule has 0 aliphatic carbocycles. The van der Waals surface area contributed by atoms with Crippen LogP contribution in [0.2, 0.25) is 0 Å². The van der Waals surface area contributed by atoms with Gasteiger partial charge in [-0.25, -0.2) is 4.98 Å². The molecule has 2 aromatic rings. The molecule has 24 heavy (non-hydrogen) atoms. The molecule has 0 radical (unpaired) electrons. The van der Waals surface area contributed by atoms with Gasteiger partial charge in [0.25, 0.3) is 0 Å². The van der Waals surface area contributed by atoms with Crippen LogP contribution in [0, 0.1) is 6.92 Å². The van der Waals surface area contributed by atoms with Crippen molar-refractivity contribution < 1.29 is 9.53 Å². The average molecular weight is 349 g/mol. The van der Waals surface area contributed by atoms with Crippen LogP contribution in [-0.2, 0) is 22.7 Å². The average Bonchev–Trinajstić information content (AvgIpc) is 3.16. The van der Waals surface area contributed by atoms with Crippen molar-refractivity contribution in [2.24, 2.45) is 0 Å². The van der Waals surface area contributed by atoms with Crippen LogP contribution < -0.4 is 0 Å². The number of aromatic nitrogens is 3. The van der Waals surface area contributed by atoms with Crippen molar-refractivity contribution in [1.82, 2.24) is 24.6 Å². The molecule has 130 valence electrons. The zero-order valence-electron chi connectivity index (χ0n) is 14.3. The van der Waals surface area contributed by atoms with Gasteiger partial charge in [0.15, 0.2) is 0 Å². The highest BCUT2D eigenvalue weighted by atomic mass is 32.1. The standard InChI is InChI=1S/C16H23N5O2S/c1-12-18-13(11-24-12)9-23-10-15-7-20(8-16(22)19(2)3)6-14-4-5-17-21(14)15/h4-5,11,15H,6-10H2,1-3H3/t15-/m0/s1. The van der Waals surface area contributed by atoms with Gasteiger partial charge in [-0.05, 0) is 13.0 Å². The molecule has 7 nitrogen and oxygen atoms in total. The molecular weight excluding hydrogens is 326 g/mol. The van der Waals surface area contributed by atoms with Crippen LogP contribution in [0.4, 0.5) is 0 Å². The van der Waals surface area contributed by atoms with Crippen molar-refractivity contribution in [2.75, 3.05) is 33.8 Å². The first-order valence-electron chi connectivity index (χ1n) is 7.96. The third-order valence-electron chi connectivity index (χ3n) is 4.04. The maximum atomic E-state index is 12.0. The second-order valence-corrected chi connectivity index (χ2v) is 7.31. The number of hydrogen-bond donors (Lipinski definition) is 0. The summed E-state index contributed by atoms with van der Waals surface area (Å²) in [6.07, 6.45) is 1.81. The molecule has 0 saturated heterocycles. The molecule has 3 rings (SSSR count). The Morgan fingerprint density at radius 2 is 2.33 bits per heavy atom. The van der Waals surface area contributed by atoms with E-state index in [1.165, 1.54) is 0 Å². The minimum Gasteiger partial charge on any atom is -0.373 e. The van der Waals surface area contributed by atoms with Gasteiger partial charge in [-0.1, -0.05) is 0 Å². The summed E-state index contributed by atoms with van der Waals surface area (Å²) in [5, 5.41) is 7.49. The minimum atomic E-state index is 0.110. The molecule has 0 fully saturated rings. The Morgan fingerprint density at radius 3 is 3.04 bits per heavy atom. The van der Waals surface area contributed by atoms with Gasteiger partial charge in [-0.2, -0.15) is 5.10 Å². The maximum absolute atomic E-state index is 12.0. The normalized spacial score (nSPS) is 17.7. The molecule has 0 unspecified atom stereocenters. The highest BCUT2D eigenvalue weighted by Crippen LogP contribution is 2.21. The number of fused-ring (bicyclic) bond motifs is 1. The summed E-state index contributed by atoms with van der Waals surface area (Å²) in [7, 11) is 3.57. The van der Waals surface area contributed by atoms with Gasteiger partial charge >= 0.3 is 0 Å². The number of carbonyl (C=O) groups is 1. The topological polar surface area (TPSA) is 63.5 Å². The SMILES string of the molecule is Cc1nc(COC[C@@H]2CN(CC(=O)N(C)C)Cc3ccnn32)cs1. The molecule has 1 amide bonds. The fraction of sp³-hybridized carbons (Fsp3) is 0.562. The lowest BCUT2D eigenvalue weighted by Crippen LogP contribution is -2.44. The Morgan fingerprint density at radius 1 is 1.50 bits per heavy atom. The van der Waals surface area contributed by atoms with Gasteiger partial charge in [0, 0.05) is 38.8 Å². The number of carbonyl (C=O) groups excluding carboxylic acids is 1. The first-order valence-corrected chi connectivity index (χ1v) is 8.84. The van der Waals surface area contributed by atoms with Crippen LogP contribution in [0.15, 0.2) is 17.6 Å². The number of aryl methyl sites for hydroxylation is 1. The third-order valence-corrected chi connectivity index (χ3v) is 4.86. The highest BCUT2D eigenvalue weighted by Gasteiger charge is 2.27. The van der Waals surface area contributed by atoms with E-state index < -0.39 is 0 Å². The van der Waals surface area contributed by atoms with Gasteiger partial charge in [0.1, 0.15) is 0 Å². The van der Waals surface area contributed by atoms with Crippen LogP contribution in [0.1, 0.15) is 22.4 Å². The fourth-order valence-electron chi connectivity index (χ4n) is 2.82. The van der Waals surface area contributed by atoms with Crippen LogP contribution in [0.5, 0.6) is 0 Å². The number of nitrogens with zero attached hydrogens (tertiary/aromatic N) is 5. The van der Waals surface area contributed by atoms with Crippen molar-refractivity contribution >= 4 is 17.2 Å². The molecular formula is C16H23N5O2S. The number of rotatable bonds is 6. The fourth-order valence-corrected chi connectivity index (χ4v) is 3.41. The van der Waals surface area contributed by atoms with Crippen LogP contribution in [0.3, 0.4) is 0 Å². The highest BCUT2D eigenvalue weighted by molar-refractivity contribution is 7.09. The molecule has 1 atom stereocenters. The Balaban J connectivity index is 1.60. The second-order valence-electron chi connectivity index (χ2n) is 6.25. The zero-order valence-corrected chi connectivity index (χ0v) is 15.1. The number of likely N-dealkylation sites (N-methyl/N-ethyl adjacent to an activating group) is 1. The quantitative estimate of drug-likeness (QED) is 0.787. The Bertz CT molecular complexity index is 696. The predicted molar refractivity (Wildman–Crippen MR) is 91.7 cm³/mol. The van der Waals surface area contributed by atoms with E-state index >= 15 is 0 Å². The van der Waals surface area contributed by atoms with Crippen molar-refractivity contribution in [3.8, 4) is 0 Å². The Kier molecular flexibility index (Phi) is 5.27. The third kappa shape index (κ3) is 4.00. The monoisotopic (exact) mass is 349 g/mol. The van der Waals surface area contributed by atoms with Crippen molar-refractivity contribution in [3.05, 3.63) is 34.0 Å². The molecule has 1 aliphatic heterocycles. The summed E-state index contributed by atoms with van der Waals surface area (Å²) in [6, 6.07) is 2.11. The van der Waals surface area contributed by atoms with E-state index in [0.29, 0.717) is 19.8 Å². The Labute approximate surface area is 145 Å². The van der Waals surface area contributed by atoms with E-state index in [-0.39, 0.29) is 11.9 Å². The van der Waals surface area contributed by atoms with Gasteiger partial charge in [-0.15, -0.1) is 11.3 Å². The molecule has 0 N–H and O–H groups in total. The molecule has 2 aromatic heterocycles. The molecule has 3 heterocycles. The lowest BCUT2D eigenvalue weighted by molar-refractivity contribution is -0.130. The number of hydrogen-bond acceptors (Lipinski definition) is 6. The van der Waals surface area contributed by atoms with Crippen LogP contribution in [-0.4, -0.2) is 64.3 Å². The molecule has 0 bridgehead atoms. The van der Waals surface area contributed by atoms with Gasteiger partial charge in [0.05, 0.1) is 42.2 Å². The van der Waals surface area contributed by atoms with Crippen LogP contribution >= 0.6 is 11.3 Å². The van der Waals surface area contributed by atoms with Gasteiger partial charge in [0.2, 0.25) is 5.91 Å². The van der Waals surface area contributed by atoms with E-state index in [4.69, 9.17) is 4.74 Å². The van der Waals surface area contributed by atoms with E-state index in [2.05, 4.69) is 15.0 Å². The smallest absolute Gasteiger partial charge is 0.236 e. The summed E-state index contributed by atoms with van der Waals surface area (Å²) in [6.45, 7) is 4.96. The number of ether oxygens (including phenoxy) is 1. The first kappa shape index (κ1) is 17.1. The van der Waals surface area contributed by atoms with Gasteiger partial charge < -0.3 is 9.64 Å². The van der Waals surface area contributed by atoms with E-state index in [0.717, 1.165) is 29.5 Å². The predicted octanol–water partition coefficient (Wildman–Crippen LogP) is 1.31. The summed E-state index contributed by atoms with van der Waals surface area (Å²) in [5.74, 6) is 0.112. The van der Waals surface area contributed by atoms with E-state index in [1.807, 2.05) is 29.2 Å². The van der Waals surface area contributed by atoms with Crippen molar-refractivity contribution in [3.63, 3.8) is 0 Å². The second kappa shape index (κ2) is 7.42. The summed E-state index contributed by atoms with van der Waals surface area (Å²) < 4.78 is 7.88. The van der Waals surface area contributed by atoms with E-state index in [1.54, 1.807) is 30.3 Å². The molecule has 0 spiro atoms. The maximum Gasteiger partial charge on any atom is 0.236 e. The van der Waals surface area contributed by atoms with Gasteiger partial charge in [-0.3, -0.25) is 14.4 Å². The van der Waals surface area contributed by atoms with Crippen molar-refractivity contribution in [2.45, 2.75) is 26.1 Å². The lowest BCUT2D eigenvalue weighted by atomic mass is 10.2. The molecule has 0 aromatic carbocycles. The molecule has 1 aliphatic rings. The van der Waals surface area contributed by atoms with Crippen LogP contribution in [0.25, 0.3) is 0 Å².